The highest BCUT2D eigenvalue weighted by atomic mass is 16.1. The molecule has 0 saturated heterocycles. The molecule has 4 bridgehead atoms. The number of nitrogens with zero attached hydrogens (tertiary/aromatic N) is 2. The minimum absolute atomic E-state index is 0.0130. The van der Waals surface area contributed by atoms with E-state index >= 15 is 0 Å². The zero-order valence-corrected chi connectivity index (χ0v) is 18.1. The van der Waals surface area contributed by atoms with Crippen molar-refractivity contribution in [3.8, 4) is 11.4 Å². The lowest BCUT2D eigenvalue weighted by molar-refractivity contribution is -0.0687. The molecule has 0 radical (unpaired) electrons. The maximum absolute atomic E-state index is 13.6. The Balaban J connectivity index is 1.34. The van der Waals surface area contributed by atoms with Gasteiger partial charge in [-0.1, -0.05) is 24.3 Å². The molecule has 0 unspecified atom stereocenters. The number of carbonyl (C=O) groups excluding carboxylic acids is 1. The number of para-hydroxylation sites is 1. The number of carbonyl (C=O) groups is 1. The molecule has 2 aromatic heterocycles. The number of aromatic nitrogens is 2. The number of rotatable bonds is 4. The van der Waals surface area contributed by atoms with Gasteiger partial charge in [0, 0.05) is 17.6 Å². The van der Waals surface area contributed by atoms with Crippen LogP contribution in [0.5, 0.6) is 0 Å². The Morgan fingerprint density at radius 2 is 1.65 bits per heavy atom. The van der Waals surface area contributed by atoms with Crippen LogP contribution in [-0.4, -0.2) is 21.9 Å². The Morgan fingerprint density at radius 1 is 0.968 bits per heavy atom. The lowest BCUT2D eigenvalue weighted by atomic mass is 9.48. The highest BCUT2D eigenvalue weighted by Gasteiger charge is 2.53. The maximum Gasteiger partial charge on any atom is 0.252 e. The molecule has 158 valence electrons. The van der Waals surface area contributed by atoms with E-state index in [0.29, 0.717) is 5.56 Å². The summed E-state index contributed by atoms with van der Waals surface area (Å²) in [6.45, 7) is 2.24. The molecule has 4 nitrogen and oxygen atoms in total. The molecule has 1 atom stereocenters. The second kappa shape index (κ2) is 7.15. The summed E-state index contributed by atoms with van der Waals surface area (Å²) in [6, 6.07) is 15.8. The number of nitrogens with one attached hydrogen (secondary N) is 1. The first-order valence-electron chi connectivity index (χ1n) is 11.7. The zero-order valence-electron chi connectivity index (χ0n) is 18.1. The average Bonchev–Trinajstić information content (AvgIpc) is 2.78. The molecule has 4 saturated carbocycles. The van der Waals surface area contributed by atoms with E-state index in [9.17, 15) is 4.79 Å². The van der Waals surface area contributed by atoms with Crippen molar-refractivity contribution in [3.05, 3.63) is 60.3 Å². The highest BCUT2D eigenvalue weighted by Crippen LogP contribution is 2.61. The van der Waals surface area contributed by atoms with Gasteiger partial charge in [-0.3, -0.25) is 9.78 Å². The quantitative estimate of drug-likeness (QED) is 0.605. The van der Waals surface area contributed by atoms with Crippen molar-refractivity contribution in [2.75, 3.05) is 0 Å². The van der Waals surface area contributed by atoms with Crippen molar-refractivity contribution in [1.82, 2.24) is 15.3 Å². The molecule has 0 spiro atoms. The van der Waals surface area contributed by atoms with E-state index in [2.05, 4.69) is 17.2 Å². The molecule has 2 heterocycles. The monoisotopic (exact) mass is 411 g/mol. The van der Waals surface area contributed by atoms with E-state index < -0.39 is 0 Å². The van der Waals surface area contributed by atoms with Crippen LogP contribution in [0.1, 0.15) is 55.8 Å². The summed E-state index contributed by atoms with van der Waals surface area (Å²) in [6.07, 6.45) is 9.89. The molecule has 1 N–H and O–H groups in total. The number of amides is 1. The topological polar surface area (TPSA) is 54.9 Å². The van der Waals surface area contributed by atoms with Crippen LogP contribution in [0.25, 0.3) is 22.3 Å². The molecule has 1 aromatic carbocycles. The smallest absolute Gasteiger partial charge is 0.252 e. The van der Waals surface area contributed by atoms with Crippen molar-refractivity contribution in [2.24, 2.45) is 23.2 Å². The van der Waals surface area contributed by atoms with Crippen molar-refractivity contribution in [1.29, 1.82) is 0 Å². The lowest BCUT2D eigenvalue weighted by Crippen LogP contribution is -2.55. The zero-order chi connectivity index (χ0) is 21.0. The summed E-state index contributed by atoms with van der Waals surface area (Å²) in [7, 11) is 0. The van der Waals surface area contributed by atoms with Crippen molar-refractivity contribution >= 4 is 16.8 Å². The van der Waals surface area contributed by atoms with Gasteiger partial charge in [0.05, 0.1) is 22.5 Å². The van der Waals surface area contributed by atoms with E-state index in [1.165, 1.54) is 38.5 Å². The van der Waals surface area contributed by atoms with Crippen molar-refractivity contribution in [3.63, 3.8) is 0 Å². The number of hydrogen-bond donors (Lipinski definition) is 1. The average molecular weight is 412 g/mol. The molecule has 0 aliphatic heterocycles. The standard InChI is InChI=1S/C27H29N3O/c1-17(27-14-18-10-19(15-27)12-20(11-18)16-27)29-26(31)22-13-25(24-8-4-5-9-28-24)30-23-7-3-2-6-21(22)23/h2-9,13,17-20H,10-12,14-16H2,1H3,(H,29,31)/t17-,18?,19?,20?,27?/m1/s1. The van der Waals surface area contributed by atoms with E-state index in [1.54, 1.807) is 6.20 Å². The molecule has 4 aliphatic rings. The van der Waals surface area contributed by atoms with Gasteiger partial charge in [-0.2, -0.15) is 0 Å². The van der Waals surface area contributed by atoms with Gasteiger partial charge in [-0.15, -0.1) is 0 Å². The van der Waals surface area contributed by atoms with E-state index in [0.717, 1.165) is 40.0 Å². The number of hydrogen-bond acceptors (Lipinski definition) is 3. The van der Waals surface area contributed by atoms with E-state index in [1.807, 2.05) is 48.5 Å². The fraction of sp³-hybridized carbons (Fsp3) is 0.444. The van der Waals surface area contributed by atoms with Crippen molar-refractivity contribution < 1.29 is 4.79 Å². The third-order valence-electron chi connectivity index (χ3n) is 8.24. The van der Waals surface area contributed by atoms with Gasteiger partial charge in [0.1, 0.15) is 0 Å². The van der Waals surface area contributed by atoms with Gasteiger partial charge in [-0.05, 0) is 92.9 Å². The minimum atomic E-state index is 0.0130. The molecule has 4 aliphatic carbocycles. The first kappa shape index (κ1) is 19.0. The predicted molar refractivity (Wildman–Crippen MR) is 123 cm³/mol. The number of benzene rings is 1. The first-order valence-corrected chi connectivity index (χ1v) is 11.7. The van der Waals surface area contributed by atoms with E-state index in [4.69, 9.17) is 4.98 Å². The van der Waals surface area contributed by atoms with Crippen molar-refractivity contribution in [2.45, 2.75) is 51.5 Å². The summed E-state index contributed by atoms with van der Waals surface area (Å²) < 4.78 is 0. The first-order chi connectivity index (χ1) is 15.1. The van der Waals surface area contributed by atoms with Crippen LogP contribution in [0, 0.1) is 23.2 Å². The Morgan fingerprint density at radius 3 is 2.32 bits per heavy atom. The van der Waals surface area contributed by atoms with Crippen LogP contribution >= 0.6 is 0 Å². The fourth-order valence-corrected chi connectivity index (χ4v) is 7.14. The van der Waals surface area contributed by atoms with Gasteiger partial charge in [0.2, 0.25) is 0 Å². The van der Waals surface area contributed by atoms with E-state index in [-0.39, 0.29) is 17.4 Å². The summed E-state index contributed by atoms with van der Waals surface area (Å²) >= 11 is 0. The molecule has 4 fully saturated rings. The molecular weight excluding hydrogens is 382 g/mol. The third-order valence-corrected chi connectivity index (χ3v) is 8.24. The maximum atomic E-state index is 13.6. The molecule has 7 rings (SSSR count). The van der Waals surface area contributed by atoms with Crippen LogP contribution in [-0.2, 0) is 0 Å². The Bertz CT molecular complexity index is 1100. The summed E-state index contributed by atoms with van der Waals surface area (Å²) in [5.74, 6) is 2.65. The Kier molecular flexibility index (Phi) is 4.38. The van der Waals surface area contributed by atoms with Gasteiger partial charge in [0.15, 0.2) is 0 Å². The van der Waals surface area contributed by atoms with Gasteiger partial charge in [0.25, 0.3) is 5.91 Å². The van der Waals surface area contributed by atoms with Crippen LogP contribution in [0.3, 0.4) is 0 Å². The SMILES string of the molecule is C[C@@H](NC(=O)c1cc(-c2ccccn2)nc2ccccc12)C12CC3CC(CC(C3)C1)C2. The summed E-state index contributed by atoms with van der Waals surface area (Å²) in [4.78, 5) is 22.8. The normalized spacial score (nSPS) is 29.8. The Hall–Kier alpha value is -2.75. The molecule has 1 amide bonds. The van der Waals surface area contributed by atoms with Crippen LogP contribution in [0.2, 0.25) is 0 Å². The van der Waals surface area contributed by atoms with Gasteiger partial charge < -0.3 is 5.32 Å². The largest absolute Gasteiger partial charge is 0.349 e. The minimum Gasteiger partial charge on any atom is -0.349 e. The number of fused-ring (bicyclic) bond motifs is 1. The number of pyridine rings is 2. The summed E-state index contributed by atoms with van der Waals surface area (Å²) in [5, 5.41) is 4.34. The third kappa shape index (κ3) is 3.24. The molecule has 31 heavy (non-hydrogen) atoms. The van der Waals surface area contributed by atoms with Gasteiger partial charge in [-0.25, -0.2) is 4.98 Å². The molecular formula is C27H29N3O. The highest BCUT2D eigenvalue weighted by molar-refractivity contribution is 6.07. The predicted octanol–water partition coefficient (Wildman–Crippen LogP) is 5.63. The fourth-order valence-electron chi connectivity index (χ4n) is 7.14. The van der Waals surface area contributed by atoms with Gasteiger partial charge >= 0.3 is 0 Å². The summed E-state index contributed by atoms with van der Waals surface area (Å²) in [5.41, 5.74) is 3.35. The second-order valence-corrected chi connectivity index (χ2v) is 10.3. The van der Waals surface area contributed by atoms with Crippen LogP contribution in [0.15, 0.2) is 54.7 Å². The van der Waals surface area contributed by atoms with Crippen LogP contribution in [0.4, 0.5) is 0 Å². The molecule has 3 aromatic rings. The second-order valence-electron chi connectivity index (χ2n) is 10.3. The molecule has 4 heteroatoms. The Labute approximate surface area is 183 Å². The lowest BCUT2D eigenvalue weighted by Gasteiger charge is -2.59. The van der Waals surface area contributed by atoms with Crippen LogP contribution < -0.4 is 5.32 Å².